The highest BCUT2D eigenvalue weighted by molar-refractivity contribution is 7.14. The highest BCUT2D eigenvalue weighted by Gasteiger charge is 2.10. The first kappa shape index (κ1) is 21.4. The van der Waals surface area contributed by atoms with E-state index < -0.39 is 0 Å². The molecule has 3 nitrogen and oxygen atoms in total. The lowest BCUT2D eigenvalue weighted by Gasteiger charge is -2.12. The molecule has 0 spiro atoms. The molecule has 29 heavy (non-hydrogen) atoms. The number of carbonyl (C=O) groups is 1. The second kappa shape index (κ2) is 9.97. The Labute approximate surface area is 184 Å². The van der Waals surface area contributed by atoms with Gasteiger partial charge in [0.1, 0.15) is 23.1 Å². The Morgan fingerprint density at radius 3 is 2.66 bits per heavy atom. The highest BCUT2D eigenvalue weighted by Crippen LogP contribution is 2.32. The van der Waals surface area contributed by atoms with Crippen molar-refractivity contribution in [3.63, 3.8) is 0 Å². The van der Waals surface area contributed by atoms with E-state index in [4.69, 9.17) is 32.7 Å². The quantitative estimate of drug-likeness (QED) is 0.273. The molecule has 0 radical (unpaired) electrons. The van der Waals surface area contributed by atoms with Crippen LogP contribution in [0.1, 0.15) is 32.6 Å². The number of rotatable bonds is 8. The molecule has 0 amide bonds. The minimum Gasteiger partial charge on any atom is -0.496 e. The summed E-state index contributed by atoms with van der Waals surface area (Å²) in [5, 5.41) is 0.809. The zero-order chi connectivity index (χ0) is 20.8. The normalized spacial score (nSPS) is 11.0. The maximum atomic E-state index is 12.4. The summed E-state index contributed by atoms with van der Waals surface area (Å²) in [6, 6.07) is 14.8. The molecular formula is C23H20Cl2O3S. The number of aryl methyl sites for hydroxylation is 1. The van der Waals surface area contributed by atoms with Gasteiger partial charge in [-0.25, -0.2) is 0 Å². The fraction of sp³-hybridized carbons (Fsp3) is 0.174. The SMILES string of the molecule is CCc1ccc(C(=O)/C=C/c2ccc(OC)c(COc3cccc(Cl)c3Cl)c2)s1. The van der Waals surface area contributed by atoms with Gasteiger partial charge in [0.15, 0.2) is 5.78 Å². The zero-order valence-corrected chi connectivity index (χ0v) is 18.4. The molecule has 2 aromatic carbocycles. The molecule has 0 aliphatic carbocycles. The number of benzene rings is 2. The van der Waals surface area contributed by atoms with E-state index in [9.17, 15) is 4.79 Å². The summed E-state index contributed by atoms with van der Waals surface area (Å²) >= 11 is 13.7. The molecule has 0 aliphatic heterocycles. The predicted octanol–water partition coefficient (Wildman–Crippen LogP) is 7.10. The average Bonchev–Trinajstić information content (AvgIpc) is 3.22. The lowest BCUT2D eigenvalue weighted by atomic mass is 10.1. The molecule has 0 saturated heterocycles. The summed E-state index contributed by atoms with van der Waals surface area (Å²) in [6.07, 6.45) is 4.31. The van der Waals surface area contributed by atoms with Gasteiger partial charge in [-0.1, -0.05) is 48.3 Å². The van der Waals surface area contributed by atoms with Gasteiger partial charge in [-0.2, -0.15) is 0 Å². The Balaban J connectivity index is 1.75. The number of hydrogen-bond acceptors (Lipinski definition) is 4. The van der Waals surface area contributed by atoms with E-state index in [1.807, 2.05) is 30.3 Å². The van der Waals surface area contributed by atoms with Gasteiger partial charge in [0.25, 0.3) is 0 Å². The summed E-state index contributed by atoms with van der Waals surface area (Å²) in [4.78, 5) is 14.3. The summed E-state index contributed by atoms with van der Waals surface area (Å²) < 4.78 is 11.2. The fourth-order valence-electron chi connectivity index (χ4n) is 2.72. The second-order valence-electron chi connectivity index (χ2n) is 6.23. The van der Waals surface area contributed by atoms with Crippen LogP contribution in [-0.2, 0) is 13.0 Å². The molecule has 1 heterocycles. The molecular weight excluding hydrogens is 427 g/mol. The molecule has 3 rings (SSSR count). The van der Waals surface area contributed by atoms with Gasteiger partial charge in [0.2, 0.25) is 0 Å². The van der Waals surface area contributed by atoms with Crippen molar-refractivity contribution in [2.75, 3.05) is 7.11 Å². The van der Waals surface area contributed by atoms with Crippen LogP contribution in [0, 0.1) is 0 Å². The average molecular weight is 447 g/mol. The van der Waals surface area contributed by atoms with Crippen LogP contribution in [0.15, 0.2) is 54.6 Å². The molecule has 0 aliphatic rings. The summed E-state index contributed by atoms with van der Waals surface area (Å²) in [5.41, 5.74) is 1.71. The van der Waals surface area contributed by atoms with Gasteiger partial charge in [0.05, 0.1) is 17.0 Å². The van der Waals surface area contributed by atoms with Crippen LogP contribution in [0.3, 0.4) is 0 Å². The van der Waals surface area contributed by atoms with Crippen LogP contribution in [0.5, 0.6) is 11.5 Å². The number of hydrogen-bond donors (Lipinski definition) is 0. The van der Waals surface area contributed by atoms with Crippen LogP contribution < -0.4 is 9.47 Å². The van der Waals surface area contributed by atoms with Crippen LogP contribution in [0.25, 0.3) is 6.08 Å². The zero-order valence-electron chi connectivity index (χ0n) is 16.1. The van der Waals surface area contributed by atoms with E-state index in [0.717, 1.165) is 22.4 Å². The summed E-state index contributed by atoms with van der Waals surface area (Å²) in [5.74, 6) is 1.19. The number of methoxy groups -OCH3 is 1. The molecule has 0 saturated carbocycles. The molecule has 0 unspecified atom stereocenters. The van der Waals surface area contributed by atoms with E-state index in [-0.39, 0.29) is 12.4 Å². The van der Waals surface area contributed by atoms with Gasteiger partial charge in [-0.15, -0.1) is 11.3 Å². The fourth-order valence-corrected chi connectivity index (χ4v) is 3.93. The van der Waals surface area contributed by atoms with Gasteiger partial charge in [0, 0.05) is 10.4 Å². The van der Waals surface area contributed by atoms with Gasteiger partial charge < -0.3 is 9.47 Å². The van der Waals surface area contributed by atoms with Crippen LogP contribution in [0.4, 0.5) is 0 Å². The van der Waals surface area contributed by atoms with Gasteiger partial charge in [-0.05, 0) is 54.5 Å². The van der Waals surface area contributed by atoms with E-state index in [2.05, 4.69) is 6.92 Å². The van der Waals surface area contributed by atoms with Crippen molar-refractivity contribution in [1.29, 1.82) is 0 Å². The van der Waals surface area contributed by atoms with Crippen molar-refractivity contribution < 1.29 is 14.3 Å². The number of carbonyl (C=O) groups excluding carboxylic acids is 1. The smallest absolute Gasteiger partial charge is 0.195 e. The van der Waals surface area contributed by atoms with E-state index in [0.29, 0.717) is 21.5 Å². The first-order valence-electron chi connectivity index (χ1n) is 9.06. The minimum absolute atomic E-state index is 0.00553. The van der Waals surface area contributed by atoms with E-state index >= 15 is 0 Å². The molecule has 0 fully saturated rings. The molecule has 0 atom stereocenters. The molecule has 0 bridgehead atoms. The number of ether oxygens (including phenoxy) is 2. The van der Waals surface area contributed by atoms with Crippen LogP contribution >= 0.6 is 34.5 Å². The van der Waals surface area contributed by atoms with Crippen molar-refractivity contribution in [3.8, 4) is 11.5 Å². The third kappa shape index (κ3) is 5.41. The number of thiophene rings is 1. The van der Waals surface area contributed by atoms with Crippen molar-refractivity contribution in [3.05, 3.63) is 85.5 Å². The topological polar surface area (TPSA) is 35.5 Å². The molecule has 150 valence electrons. The Morgan fingerprint density at radius 1 is 1.10 bits per heavy atom. The highest BCUT2D eigenvalue weighted by atomic mass is 35.5. The van der Waals surface area contributed by atoms with Gasteiger partial charge in [-0.3, -0.25) is 4.79 Å². The standard InChI is InChI=1S/C23H20Cl2O3S/c1-3-17-9-12-22(29-17)19(26)10-7-15-8-11-20(27-2)16(13-15)14-28-21-6-4-5-18(24)23(21)25/h4-13H,3,14H2,1-2H3/b10-7+. The minimum atomic E-state index is -0.00553. The largest absolute Gasteiger partial charge is 0.496 e. The van der Waals surface area contributed by atoms with Crippen LogP contribution in [-0.4, -0.2) is 12.9 Å². The monoisotopic (exact) mass is 446 g/mol. The summed E-state index contributed by atoms with van der Waals surface area (Å²) in [7, 11) is 1.60. The summed E-state index contributed by atoms with van der Waals surface area (Å²) in [6.45, 7) is 2.33. The number of halogens is 2. The van der Waals surface area contributed by atoms with Crippen molar-refractivity contribution in [1.82, 2.24) is 0 Å². The third-order valence-electron chi connectivity index (χ3n) is 4.28. The Bertz CT molecular complexity index is 1040. The first-order valence-corrected chi connectivity index (χ1v) is 10.6. The van der Waals surface area contributed by atoms with Crippen molar-refractivity contribution in [2.45, 2.75) is 20.0 Å². The van der Waals surface area contributed by atoms with Crippen molar-refractivity contribution >= 4 is 46.4 Å². The second-order valence-corrected chi connectivity index (χ2v) is 8.18. The van der Waals surface area contributed by atoms with E-state index in [1.165, 1.54) is 16.2 Å². The molecule has 3 aromatic rings. The Kier molecular flexibility index (Phi) is 7.37. The number of allylic oxidation sites excluding steroid dienone is 1. The molecule has 0 N–H and O–H groups in total. The maximum absolute atomic E-state index is 12.4. The Morgan fingerprint density at radius 2 is 1.93 bits per heavy atom. The third-order valence-corrected chi connectivity index (χ3v) is 6.33. The lowest BCUT2D eigenvalue weighted by Crippen LogP contribution is -2.00. The molecule has 6 heteroatoms. The Hall–Kier alpha value is -2.27. The van der Waals surface area contributed by atoms with Gasteiger partial charge >= 0.3 is 0 Å². The number of ketones is 1. The predicted molar refractivity (Wildman–Crippen MR) is 121 cm³/mol. The molecule has 1 aromatic heterocycles. The van der Waals surface area contributed by atoms with Crippen molar-refractivity contribution in [2.24, 2.45) is 0 Å². The van der Waals surface area contributed by atoms with Crippen LogP contribution in [0.2, 0.25) is 10.0 Å². The maximum Gasteiger partial charge on any atom is 0.195 e. The lowest BCUT2D eigenvalue weighted by molar-refractivity contribution is 0.105. The first-order chi connectivity index (χ1) is 14.0. The van der Waals surface area contributed by atoms with E-state index in [1.54, 1.807) is 37.5 Å².